The van der Waals surface area contributed by atoms with Gasteiger partial charge >= 0.3 is 0 Å². The molecule has 0 aliphatic carbocycles. The minimum absolute atomic E-state index is 0.0673. The first-order valence-electron chi connectivity index (χ1n) is 6.07. The summed E-state index contributed by atoms with van der Waals surface area (Å²) in [5.74, 6) is 0. The molecule has 1 unspecified atom stereocenters. The van der Waals surface area contributed by atoms with E-state index in [4.69, 9.17) is 4.74 Å². The number of benzene rings is 1. The Labute approximate surface area is 125 Å². The molecule has 0 amide bonds. The number of morpholine rings is 1. The summed E-state index contributed by atoms with van der Waals surface area (Å²) in [6.45, 7) is 2.69. The van der Waals surface area contributed by atoms with Gasteiger partial charge in [-0.1, -0.05) is 0 Å². The second-order valence-corrected chi connectivity index (χ2v) is 5.63. The van der Waals surface area contributed by atoms with Crippen LogP contribution in [-0.2, 0) is 4.74 Å². The van der Waals surface area contributed by atoms with Crippen molar-refractivity contribution in [3.05, 3.63) is 31.9 Å². The monoisotopic (exact) mass is 377 g/mol. The van der Waals surface area contributed by atoms with E-state index in [2.05, 4.69) is 27.9 Å². The molecule has 1 aromatic carbocycles. The molecule has 0 bridgehead atoms. The van der Waals surface area contributed by atoms with Gasteiger partial charge in [0, 0.05) is 29.3 Å². The van der Waals surface area contributed by atoms with Gasteiger partial charge in [0.1, 0.15) is 5.69 Å². The zero-order valence-electron chi connectivity index (χ0n) is 10.6. The quantitative estimate of drug-likeness (QED) is 0.491. The van der Waals surface area contributed by atoms with Gasteiger partial charge in [0.25, 0.3) is 5.69 Å². The van der Waals surface area contributed by atoms with Crippen LogP contribution in [0.1, 0.15) is 0 Å². The Morgan fingerprint density at radius 3 is 3.11 bits per heavy atom. The highest BCUT2D eigenvalue weighted by atomic mass is 127. The van der Waals surface area contributed by atoms with Crippen LogP contribution in [0.15, 0.2) is 18.2 Å². The number of likely N-dealkylation sites (N-methyl/N-ethyl adjacent to an activating group) is 1. The Hall–Kier alpha value is -0.930. The molecule has 0 saturated carbocycles. The summed E-state index contributed by atoms with van der Waals surface area (Å²) in [5, 5.41) is 14.2. The minimum atomic E-state index is -0.319. The van der Waals surface area contributed by atoms with E-state index in [0.717, 1.165) is 10.1 Å². The van der Waals surface area contributed by atoms with Gasteiger partial charge < -0.3 is 15.0 Å². The second-order valence-electron chi connectivity index (χ2n) is 4.39. The molecule has 104 valence electrons. The maximum absolute atomic E-state index is 11.2. The van der Waals surface area contributed by atoms with E-state index in [9.17, 15) is 10.1 Å². The Kier molecular flexibility index (Phi) is 4.94. The summed E-state index contributed by atoms with van der Waals surface area (Å²) in [5.41, 5.74) is 0.840. The van der Waals surface area contributed by atoms with Crippen LogP contribution in [0.4, 0.5) is 11.4 Å². The van der Waals surface area contributed by atoms with Crippen molar-refractivity contribution in [3.63, 3.8) is 0 Å². The highest BCUT2D eigenvalue weighted by Gasteiger charge is 2.25. The van der Waals surface area contributed by atoms with Gasteiger partial charge in [-0.15, -0.1) is 0 Å². The third kappa shape index (κ3) is 3.54. The number of hydrogen-bond donors (Lipinski definition) is 1. The first-order chi connectivity index (χ1) is 9.11. The predicted molar refractivity (Wildman–Crippen MR) is 81.7 cm³/mol. The van der Waals surface area contributed by atoms with E-state index in [1.807, 2.05) is 24.1 Å². The fraction of sp³-hybridized carbons (Fsp3) is 0.500. The summed E-state index contributed by atoms with van der Waals surface area (Å²) in [4.78, 5) is 12.9. The van der Waals surface area contributed by atoms with Crippen molar-refractivity contribution in [2.24, 2.45) is 0 Å². The second kappa shape index (κ2) is 6.49. The van der Waals surface area contributed by atoms with E-state index in [0.29, 0.717) is 25.4 Å². The maximum atomic E-state index is 11.2. The van der Waals surface area contributed by atoms with E-state index in [-0.39, 0.29) is 16.7 Å². The minimum Gasteiger partial charge on any atom is -0.373 e. The number of hydrogen-bond acceptors (Lipinski definition) is 5. The summed E-state index contributed by atoms with van der Waals surface area (Å²) >= 11 is 2.09. The lowest BCUT2D eigenvalue weighted by Crippen LogP contribution is -2.46. The van der Waals surface area contributed by atoms with E-state index < -0.39 is 0 Å². The first-order valence-corrected chi connectivity index (χ1v) is 7.15. The first kappa shape index (κ1) is 14.5. The van der Waals surface area contributed by atoms with Gasteiger partial charge in [-0.05, 0) is 41.8 Å². The van der Waals surface area contributed by atoms with Crippen molar-refractivity contribution in [1.82, 2.24) is 5.32 Å². The van der Waals surface area contributed by atoms with Crippen LogP contribution in [0, 0.1) is 13.7 Å². The number of ether oxygens (including phenoxy) is 1. The van der Waals surface area contributed by atoms with Crippen LogP contribution in [-0.4, -0.2) is 44.3 Å². The van der Waals surface area contributed by atoms with Crippen molar-refractivity contribution in [1.29, 1.82) is 0 Å². The van der Waals surface area contributed by atoms with Gasteiger partial charge in [0.15, 0.2) is 0 Å². The van der Waals surface area contributed by atoms with Gasteiger partial charge in [0.2, 0.25) is 0 Å². The third-order valence-electron chi connectivity index (χ3n) is 3.05. The fourth-order valence-corrected chi connectivity index (χ4v) is 2.67. The van der Waals surface area contributed by atoms with E-state index >= 15 is 0 Å². The normalized spacial score (nSPS) is 19.5. The largest absolute Gasteiger partial charge is 0.373 e. The highest BCUT2D eigenvalue weighted by molar-refractivity contribution is 14.1. The van der Waals surface area contributed by atoms with Gasteiger partial charge in [-0.3, -0.25) is 10.1 Å². The molecule has 1 fully saturated rings. The topological polar surface area (TPSA) is 67.6 Å². The average Bonchev–Trinajstić information content (AvgIpc) is 2.39. The lowest BCUT2D eigenvalue weighted by atomic mass is 10.2. The molecule has 7 heteroatoms. The Balaban J connectivity index is 2.23. The van der Waals surface area contributed by atoms with Crippen molar-refractivity contribution in [3.8, 4) is 0 Å². The maximum Gasteiger partial charge on any atom is 0.293 e. The van der Waals surface area contributed by atoms with Gasteiger partial charge in [0.05, 0.1) is 17.6 Å². The van der Waals surface area contributed by atoms with Crippen LogP contribution in [0.5, 0.6) is 0 Å². The number of anilines is 1. The van der Waals surface area contributed by atoms with Crippen LogP contribution in [0.3, 0.4) is 0 Å². The molecular formula is C12H16IN3O3. The standard InChI is InChI=1S/C12H16IN3O3/c1-14-7-10-8-15(4-5-19-10)11-3-2-9(13)6-12(11)16(17)18/h2-3,6,10,14H,4-5,7-8H2,1H3. The van der Waals surface area contributed by atoms with E-state index in [1.54, 1.807) is 6.07 Å². The molecular weight excluding hydrogens is 361 g/mol. The molecule has 1 saturated heterocycles. The lowest BCUT2D eigenvalue weighted by molar-refractivity contribution is -0.384. The number of rotatable bonds is 4. The molecule has 1 aliphatic rings. The molecule has 19 heavy (non-hydrogen) atoms. The van der Waals surface area contributed by atoms with Crippen molar-refractivity contribution >= 4 is 34.0 Å². The molecule has 6 nitrogen and oxygen atoms in total. The Morgan fingerprint density at radius 2 is 2.42 bits per heavy atom. The molecule has 0 aromatic heterocycles. The molecule has 0 radical (unpaired) electrons. The zero-order valence-corrected chi connectivity index (χ0v) is 12.8. The molecule has 0 spiro atoms. The van der Waals surface area contributed by atoms with Crippen LogP contribution < -0.4 is 10.2 Å². The van der Waals surface area contributed by atoms with Crippen LogP contribution in [0.2, 0.25) is 0 Å². The number of nitrogens with one attached hydrogen (secondary N) is 1. The number of nitro benzene ring substituents is 1. The molecule has 1 aromatic rings. The Bertz CT molecular complexity index is 468. The smallest absolute Gasteiger partial charge is 0.293 e. The van der Waals surface area contributed by atoms with E-state index in [1.165, 1.54) is 0 Å². The summed E-state index contributed by atoms with van der Waals surface area (Å²) in [6, 6.07) is 5.32. The number of nitrogens with zero attached hydrogens (tertiary/aromatic N) is 2. The molecule has 1 aliphatic heterocycles. The van der Waals surface area contributed by atoms with Crippen molar-refractivity contribution in [2.75, 3.05) is 38.2 Å². The SMILES string of the molecule is CNCC1CN(c2ccc(I)cc2[N+](=O)[O-])CCO1. The molecule has 1 heterocycles. The number of halogens is 1. The number of nitro groups is 1. The van der Waals surface area contributed by atoms with Gasteiger partial charge in [-0.25, -0.2) is 0 Å². The van der Waals surface area contributed by atoms with Gasteiger partial charge in [-0.2, -0.15) is 0 Å². The fourth-order valence-electron chi connectivity index (χ4n) is 2.20. The summed E-state index contributed by atoms with van der Waals surface area (Å²) in [7, 11) is 1.87. The molecule has 2 rings (SSSR count). The third-order valence-corrected chi connectivity index (χ3v) is 3.72. The van der Waals surface area contributed by atoms with Crippen LogP contribution in [0.25, 0.3) is 0 Å². The Morgan fingerprint density at radius 1 is 1.63 bits per heavy atom. The van der Waals surface area contributed by atoms with Crippen molar-refractivity contribution in [2.45, 2.75) is 6.10 Å². The predicted octanol–water partition coefficient (Wildman–Crippen LogP) is 1.62. The average molecular weight is 377 g/mol. The molecule has 1 atom stereocenters. The summed E-state index contributed by atoms with van der Waals surface area (Å²) in [6.07, 6.45) is 0.0673. The van der Waals surface area contributed by atoms with Crippen LogP contribution >= 0.6 is 22.6 Å². The summed E-state index contributed by atoms with van der Waals surface area (Å²) < 4.78 is 6.49. The van der Waals surface area contributed by atoms with Crippen molar-refractivity contribution < 1.29 is 9.66 Å². The zero-order chi connectivity index (χ0) is 13.8. The lowest BCUT2D eigenvalue weighted by Gasteiger charge is -2.34. The highest BCUT2D eigenvalue weighted by Crippen LogP contribution is 2.30. The molecule has 1 N–H and O–H groups in total.